The summed E-state index contributed by atoms with van der Waals surface area (Å²) in [6, 6.07) is 46.2. The van der Waals surface area contributed by atoms with Gasteiger partial charge in [0.05, 0.1) is 11.9 Å². The standard InChI is InChI=1S/C39H32F3N7OS/c1-2-34-45-48(37(51-34)43-36(50)39(40,41)42)26-27-22-24-28(25-23-27)32-20-12-13-21-33(32)35-44-46-47-49(35)38(29-14-6-3-7-15-29,30-16-8-4-9-17-30)31-18-10-5-11-19-31/h3-25,34,45H,2,26H2,1H3. The number of hydrogen-bond donors (Lipinski definition) is 1. The molecule has 8 nitrogen and oxygen atoms in total. The maximum Gasteiger partial charge on any atom is 0.473 e. The van der Waals surface area contributed by atoms with Crippen LogP contribution in [0.1, 0.15) is 35.6 Å². The van der Waals surface area contributed by atoms with Gasteiger partial charge in [-0.3, -0.25) is 9.80 Å². The number of benzene rings is 5. The molecule has 0 aliphatic carbocycles. The molecule has 1 aliphatic heterocycles. The molecule has 1 amide bonds. The van der Waals surface area contributed by atoms with E-state index in [-0.39, 0.29) is 17.1 Å². The molecule has 2 heterocycles. The number of nitrogens with one attached hydrogen (secondary N) is 1. The molecule has 256 valence electrons. The van der Waals surface area contributed by atoms with Gasteiger partial charge in [0, 0.05) is 5.56 Å². The molecule has 51 heavy (non-hydrogen) atoms. The summed E-state index contributed by atoms with van der Waals surface area (Å²) in [6.07, 6.45) is -4.41. The Bertz CT molecular complexity index is 2040. The highest BCUT2D eigenvalue weighted by Gasteiger charge is 2.42. The number of amides is 1. The minimum atomic E-state index is -5.04. The van der Waals surface area contributed by atoms with Crippen molar-refractivity contribution in [2.24, 2.45) is 4.99 Å². The predicted octanol–water partition coefficient (Wildman–Crippen LogP) is 8.08. The Labute approximate surface area is 297 Å². The number of alkyl halides is 3. The molecule has 1 unspecified atom stereocenters. The number of carbonyl (C=O) groups excluding carboxylic acids is 1. The van der Waals surface area contributed by atoms with Gasteiger partial charge in [-0.05, 0) is 50.2 Å². The molecule has 5 aromatic carbocycles. The van der Waals surface area contributed by atoms with E-state index in [0.29, 0.717) is 12.2 Å². The fraction of sp³-hybridized carbons (Fsp3) is 0.154. The number of aliphatic imine (C=N–C) groups is 1. The topological polar surface area (TPSA) is 88.3 Å². The summed E-state index contributed by atoms with van der Waals surface area (Å²) in [5.41, 5.74) is 8.58. The SMILES string of the molecule is CCC1NN(Cc2ccc(-c3ccccc3-c3nnnn3C(c3ccccc3)(c3ccccc3)c3ccccc3)cc2)C(=NC(=O)C(F)(F)F)S1. The fourth-order valence-corrected chi connectivity index (χ4v) is 7.34. The maximum absolute atomic E-state index is 13.0. The Hall–Kier alpha value is -5.59. The van der Waals surface area contributed by atoms with Gasteiger partial charge in [0.25, 0.3) is 0 Å². The average Bonchev–Trinajstić information content (AvgIpc) is 3.81. The highest BCUT2D eigenvalue weighted by Crippen LogP contribution is 2.43. The van der Waals surface area contributed by atoms with Gasteiger partial charge < -0.3 is 0 Å². The number of tetrazole rings is 1. The molecule has 6 aromatic rings. The lowest BCUT2D eigenvalue weighted by Crippen LogP contribution is -2.39. The molecule has 1 saturated heterocycles. The number of carbonyl (C=O) groups is 1. The third kappa shape index (κ3) is 6.67. The summed E-state index contributed by atoms with van der Waals surface area (Å²) >= 11 is 1.10. The van der Waals surface area contributed by atoms with Crippen LogP contribution in [0.3, 0.4) is 0 Å². The number of rotatable bonds is 9. The molecular formula is C39H32F3N7OS. The van der Waals surface area contributed by atoms with E-state index in [1.54, 1.807) is 0 Å². The summed E-state index contributed by atoms with van der Waals surface area (Å²) in [7, 11) is 0. The number of amidine groups is 1. The maximum atomic E-state index is 13.0. The van der Waals surface area contributed by atoms with E-state index in [2.05, 4.69) is 57.1 Å². The van der Waals surface area contributed by atoms with Crippen molar-refractivity contribution in [2.75, 3.05) is 0 Å². The van der Waals surface area contributed by atoms with Gasteiger partial charge >= 0.3 is 12.1 Å². The molecule has 0 saturated carbocycles. The first-order chi connectivity index (χ1) is 24.8. The van der Waals surface area contributed by atoms with Crippen molar-refractivity contribution >= 4 is 22.8 Å². The average molecular weight is 704 g/mol. The minimum Gasteiger partial charge on any atom is -0.281 e. The van der Waals surface area contributed by atoms with Crippen LogP contribution in [-0.4, -0.2) is 47.8 Å². The summed E-state index contributed by atoms with van der Waals surface area (Å²) in [5.74, 6) is -1.57. The van der Waals surface area contributed by atoms with Crippen LogP contribution in [0.2, 0.25) is 0 Å². The van der Waals surface area contributed by atoms with E-state index < -0.39 is 17.6 Å². The Morgan fingerprint density at radius 3 is 1.82 bits per heavy atom. The lowest BCUT2D eigenvalue weighted by molar-refractivity contribution is -0.169. The molecule has 1 atom stereocenters. The van der Waals surface area contributed by atoms with Crippen molar-refractivity contribution in [1.29, 1.82) is 0 Å². The fourth-order valence-electron chi connectivity index (χ4n) is 6.36. The number of thioether (sulfide) groups is 1. The quantitative estimate of drug-likeness (QED) is 0.152. The van der Waals surface area contributed by atoms with Gasteiger partial charge in [0.2, 0.25) is 0 Å². The number of aromatic nitrogens is 4. The van der Waals surface area contributed by atoms with E-state index in [0.717, 1.165) is 50.7 Å². The molecule has 0 radical (unpaired) electrons. The van der Waals surface area contributed by atoms with E-state index in [1.807, 2.05) is 115 Å². The molecule has 12 heteroatoms. The van der Waals surface area contributed by atoms with E-state index in [4.69, 9.17) is 5.21 Å². The summed E-state index contributed by atoms with van der Waals surface area (Å²) in [5, 5.41) is 14.9. The Morgan fingerprint density at radius 2 is 1.29 bits per heavy atom. The van der Waals surface area contributed by atoms with Crippen molar-refractivity contribution in [3.63, 3.8) is 0 Å². The third-order valence-electron chi connectivity index (χ3n) is 8.72. The molecule has 0 spiro atoms. The zero-order valence-electron chi connectivity index (χ0n) is 27.4. The zero-order chi connectivity index (χ0) is 35.4. The van der Waals surface area contributed by atoms with Gasteiger partial charge in [-0.1, -0.05) is 158 Å². The van der Waals surface area contributed by atoms with Crippen molar-refractivity contribution in [3.05, 3.63) is 162 Å². The van der Waals surface area contributed by atoms with Crippen LogP contribution >= 0.6 is 11.8 Å². The van der Waals surface area contributed by atoms with Crippen molar-refractivity contribution in [2.45, 2.75) is 37.0 Å². The molecule has 1 fully saturated rings. The second kappa shape index (κ2) is 14.3. The Balaban J connectivity index is 1.29. The van der Waals surface area contributed by atoms with Crippen LogP contribution < -0.4 is 5.43 Å². The second-order valence-corrected chi connectivity index (χ2v) is 13.1. The first-order valence-corrected chi connectivity index (χ1v) is 17.2. The van der Waals surface area contributed by atoms with Gasteiger partial charge in [0.15, 0.2) is 11.0 Å². The van der Waals surface area contributed by atoms with Crippen molar-refractivity contribution in [1.82, 2.24) is 30.6 Å². The molecule has 7 rings (SSSR count). The van der Waals surface area contributed by atoms with E-state index in [1.165, 1.54) is 5.01 Å². The highest BCUT2D eigenvalue weighted by atomic mass is 32.2. The number of halogens is 3. The minimum absolute atomic E-state index is 0.0100. The van der Waals surface area contributed by atoms with Crippen LogP contribution in [-0.2, 0) is 16.9 Å². The van der Waals surface area contributed by atoms with Crippen molar-refractivity contribution in [3.8, 4) is 22.5 Å². The van der Waals surface area contributed by atoms with Gasteiger partial charge in [-0.25, -0.2) is 10.1 Å². The summed E-state index contributed by atoms with van der Waals surface area (Å²) < 4.78 is 40.9. The molecule has 0 bridgehead atoms. The Kier molecular flexibility index (Phi) is 9.52. The van der Waals surface area contributed by atoms with Crippen LogP contribution in [0.15, 0.2) is 145 Å². The summed E-state index contributed by atoms with van der Waals surface area (Å²) in [6.45, 7) is 2.12. The van der Waals surface area contributed by atoms with Crippen molar-refractivity contribution < 1.29 is 18.0 Å². The lowest BCUT2D eigenvalue weighted by atomic mass is 9.77. The molecule has 1 aromatic heterocycles. The molecule has 1 aliphatic rings. The van der Waals surface area contributed by atoms with Gasteiger partial charge in [-0.2, -0.15) is 18.2 Å². The smallest absolute Gasteiger partial charge is 0.281 e. The van der Waals surface area contributed by atoms with Crippen LogP contribution in [0.25, 0.3) is 22.5 Å². The first-order valence-electron chi connectivity index (χ1n) is 16.3. The normalized spacial score (nSPS) is 15.7. The number of nitrogens with zero attached hydrogens (tertiary/aromatic N) is 6. The van der Waals surface area contributed by atoms with Gasteiger partial charge in [0.1, 0.15) is 5.54 Å². The van der Waals surface area contributed by atoms with Crippen LogP contribution in [0.4, 0.5) is 13.2 Å². The predicted molar refractivity (Wildman–Crippen MR) is 192 cm³/mol. The monoisotopic (exact) mass is 703 g/mol. The zero-order valence-corrected chi connectivity index (χ0v) is 28.2. The third-order valence-corrected chi connectivity index (χ3v) is 9.97. The Morgan fingerprint density at radius 1 is 0.765 bits per heavy atom. The van der Waals surface area contributed by atoms with Crippen LogP contribution in [0, 0.1) is 0 Å². The lowest BCUT2D eigenvalue weighted by Gasteiger charge is -2.36. The molecular weight excluding hydrogens is 672 g/mol. The highest BCUT2D eigenvalue weighted by molar-refractivity contribution is 8.14. The van der Waals surface area contributed by atoms with Gasteiger partial charge in [-0.15, -0.1) is 5.10 Å². The second-order valence-electron chi connectivity index (χ2n) is 11.9. The first kappa shape index (κ1) is 33.9. The molecule has 1 N–H and O–H groups in total. The number of hydrazine groups is 1. The van der Waals surface area contributed by atoms with Crippen LogP contribution in [0.5, 0.6) is 0 Å². The number of hydrogen-bond acceptors (Lipinski definition) is 6. The summed E-state index contributed by atoms with van der Waals surface area (Å²) in [4.78, 5) is 15.1. The van der Waals surface area contributed by atoms with E-state index in [9.17, 15) is 18.0 Å². The van der Waals surface area contributed by atoms with E-state index >= 15 is 0 Å². The largest absolute Gasteiger partial charge is 0.473 e.